The van der Waals surface area contributed by atoms with Gasteiger partial charge in [0, 0.05) is 11.9 Å². The van der Waals surface area contributed by atoms with E-state index in [1.807, 2.05) is 12.1 Å². The van der Waals surface area contributed by atoms with Gasteiger partial charge < -0.3 is 5.73 Å². The van der Waals surface area contributed by atoms with E-state index in [0.29, 0.717) is 5.84 Å². The van der Waals surface area contributed by atoms with E-state index >= 15 is 0 Å². The average Bonchev–Trinajstić information content (AvgIpc) is 2.16. The number of aryl methyl sites for hydroxylation is 1. The molecule has 0 aliphatic heterocycles. The Morgan fingerprint density at radius 2 is 2.15 bits per heavy atom. The van der Waals surface area contributed by atoms with Crippen LogP contribution in [0.4, 0.5) is 0 Å². The van der Waals surface area contributed by atoms with E-state index in [-0.39, 0.29) is 0 Å². The van der Waals surface area contributed by atoms with Crippen LogP contribution in [0.25, 0.3) is 0 Å². The SMILES string of the molecule is CN=C(N)CSc1ccccc1C. The predicted octanol–water partition coefficient (Wildman–Crippen LogP) is 2.07. The summed E-state index contributed by atoms with van der Waals surface area (Å²) in [7, 11) is 1.72. The maximum Gasteiger partial charge on any atom is 0.104 e. The number of rotatable bonds is 3. The van der Waals surface area contributed by atoms with Gasteiger partial charge in [-0.25, -0.2) is 0 Å². The van der Waals surface area contributed by atoms with Gasteiger partial charge in [-0.2, -0.15) is 0 Å². The number of nitrogens with zero attached hydrogens (tertiary/aromatic N) is 1. The molecule has 2 nitrogen and oxygen atoms in total. The molecular weight excluding hydrogens is 180 g/mol. The molecule has 1 rings (SSSR count). The summed E-state index contributed by atoms with van der Waals surface area (Å²) in [4.78, 5) is 5.18. The highest BCUT2D eigenvalue weighted by atomic mass is 32.2. The number of aliphatic imine (C=N–C) groups is 1. The maximum absolute atomic E-state index is 5.60. The largest absolute Gasteiger partial charge is 0.387 e. The van der Waals surface area contributed by atoms with Crippen molar-refractivity contribution in [1.82, 2.24) is 0 Å². The van der Waals surface area contributed by atoms with E-state index in [1.165, 1.54) is 10.5 Å². The Hall–Kier alpha value is -0.960. The number of thioether (sulfide) groups is 1. The van der Waals surface area contributed by atoms with Crippen molar-refractivity contribution in [3.05, 3.63) is 29.8 Å². The van der Waals surface area contributed by atoms with Crippen molar-refractivity contribution >= 4 is 17.6 Å². The molecule has 0 atom stereocenters. The Balaban J connectivity index is 2.60. The third-order valence-electron chi connectivity index (χ3n) is 1.76. The highest BCUT2D eigenvalue weighted by Gasteiger charge is 1.98. The summed E-state index contributed by atoms with van der Waals surface area (Å²) in [5.74, 6) is 1.45. The first-order valence-electron chi connectivity index (χ1n) is 4.13. The Kier molecular flexibility index (Phi) is 3.83. The fourth-order valence-corrected chi connectivity index (χ4v) is 1.84. The topological polar surface area (TPSA) is 38.4 Å². The van der Waals surface area contributed by atoms with Gasteiger partial charge in [0.05, 0.1) is 5.75 Å². The molecule has 0 aromatic heterocycles. The number of hydrogen-bond donors (Lipinski definition) is 1. The second-order valence-electron chi connectivity index (χ2n) is 2.77. The average molecular weight is 194 g/mol. The van der Waals surface area contributed by atoms with Crippen LogP contribution < -0.4 is 5.73 Å². The molecule has 0 heterocycles. The summed E-state index contributed by atoms with van der Waals surface area (Å²) in [6.45, 7) is 2.10. The molecule has 0 amide bonds. The molecular formula is C10H14N2S. The van der Waals surface area contributed by atoms with Crippen LogP contribution >= 0.6 is 11.8 Å². The monoisotopic (exact) mass is 194 g/mol. The fraction of sp³-hybridized carbons (Fsp3) is 0.300. The minimum atomic E-state index is 0.688. The molecule has 0 saturated heterocycles. The molecule has 0 fully saturated rings. The minimum Gasteiger partial charge on any atom is -0.387 e. The molecule has 1 aromatic carbocycles. The quantitative estimate of drug-likeness (QED) is 0.454. The third kappa shape index (κ3) is 3.11. The first kappa shape index (κ1) is 10.1. The molecule has 3 heteroatoms. The van der Waals surface area contributed by atoms with E-state index in [4.69, 9.17) is 5.73 Å². The number of nitrogens with two attached hydrogens (primary N) is 1. The Morgan fingerprint density at radius 3 is 2.77 bits per heavy atom. The lowest BCUT2D eigenvalue weighted by Crippen LogP contribution is -2.13. The summed E-state index contributed by atoms with van der Waals surface area (Å²) in [5.41, 5.74) is 6.89. The third-order valence-corrected chi connectivity index (χ3v) is 2.97. The molecule has 0 unspecified atom stereocenters. The second kappa shape index (κ2) is 4.92. The highest BCUT2D eigenvalue weighted by molar-refractivity contribution is 8.00. The smallest absolute Gasteiger partial charge is 0.104 e. The van der Waals surface area contributed by atoms with Crippen LogP contribution in [0.1, 0.15) is 5.56 Å². The van der Waals surface area contributed by atoms with Crippen molar-refractivity contribution < 1.29 is 0 Å². The Morgan fingerprint density at radius 1 is 1.46 bits per heavy atom. The summed E-state index contributed by atoms with van der Waals surface area (Å²) in [6, 6.07) is 8.27. The second-order valence-corrected chi connectivity index (χ2v) is 3.79. The van der Waals surface area contributed by atoms with Gasteiger partial charge in [0.15, 0.2) is 0 Å². The van der Waals surface area contributed by atoms with Crippen molar-refractivity contribution in [3.63, 3.8) is 0 Å². The molecule has 0 radical (unpaired) electrons. The van der Waals surface area contributed by atoms with E-state index in [9.17, 15) is 0 Å². The molecule has 0 saturated carbocycles. The van der Waals surface area contributed by atoms with Crippen LogP contribution in [0, 0.1) is 6.92 Å². The number of hydrogen-bond acceptors (Lipinski definition) is 2. The molecule has 0 spiro atoms. The summed E-state index contributed by atoms with van der Waals surface area (Å²) < 4.78 is 0. The lowest BCUT2D eigenvalue weighted by atomic mass is 10.2. The molecule has 13 heavy (non-hydrogen) atoms. The molecule has 2 N–H and O–H groups in total. The van der Waals surface area contributed by atoms with Crippen LogP contribution in [-0.2, 0) is 0 Å². The van der Waals surface area contributed by atoms with Crippen molar-refractivity contribution in [2.24, 2.45) is 10.7 Å². The van der Waals surface area contributed by atoms with Gasteiger partial charge in [-0.3, -0.25) is 4.99 Å². The van der Waals surface area contributed by atoms with Gasteiger partial charge in [-0.15, -0.1) is 11.8 Å². The van der Waals surface area contributed by atoms with Crippen LogP contribution in [-0.4, -0.2) is 18.6 Å². The highest BCUT2D eigenvalue weighted by Crippen LogP contribution is 2.21. The lowest BCUT2D eigenvalue weighted by molar-refractivity contribution is 1.30. The molecule has 70 valence electrons. The van der Waals surface area contributed by atoms with E-state index in [1.54, 1.807) is 18.8 Å². The van der Waals surface area contributed by atoms with Gasteiger partial charge in [0.25, 0.3) is 0 Å². The number of amidine groups is 1. The van der Waals surface area contributed by atoms with Gasteiger partial charge in [0.2, 0.25) is 0 Å². The maximum atomic E-state index is 5.60. The summed E-state index contributed by atoms with van der Waals surface area (Å²) >= 11 is 1.72. The Bertz CT molecular complexity index is 308. The summed E-state index contributed by atoms with van der Waals surface area (Å²) in [6.07, 6.45) is 0. The van der Waals surface area contributed by atoms with E-state index < -0.39 is 0 Å². The van der Waals surface area contributed by atoms with Crippen LogP contribution in [0.5, 0.6) is 0 Å². The van der Waals surface area contributed by atoms with Gasteiger partial charge in [-0.05, 0) is 18.6 Å². The molecule has 0 aliphatic carbocycles. The zero-order chi connectivity index (χ0) is 9.68. The van der Waals surface area contributed by atoms with Gasteiger partial charge >= 0.3 is 0 Å². The van der Waals surface area contributed by atoms with Crippen LogP contribution in [0.15, 0.2) is 34.2 Å². The van der Waals surface area contributed by atoms with E-state index in [0.717, 1.165) is 5.75 Å². The van der Waals surface area contributed by atoms with Crippen molar-refractivity contribution in [2.45, 2.75) is 11.8 Å². The first-order valence-corrected chi connectivity index (χ1v) is 5.12. The first-order chi connectivity index (χ1) is 6.24. The lowest BCUT2D eigenvalue weighted by Gasteiger charge is -2.03. The Labute approximate surface area is 83.2 Å². The number of benzene rings is 1. The normalized spacial score (nSPS) is 11.7. The van der Waals surface area contributed by atoms with E-state index in [2.05, 4.69) is 24.0 Å². The fourth-order valence-electron chi connectivity index (χ4n) is 0.935. The molecule has 1 aromatic rings. The van der Waals surface area contributed by atoms with Crippen molar-refractivity contribution in [1.29, 1.82) is 0 Å². The minimum absolute atomic E-state index is 0.688. The zero-order valence-electron chi connectivity index (χ0n) is 7.95. The summed E-state index contributed by atoms with van der Waals surface area (Å²) in [5, 5.41) is 0. The standard InChI is InChI=1S/C10H14N2S/c1-8-5-3-4-6-9(8)13-7-10(11)12-2/h3-6H,7H2,1-2H3,(H2,11,12). The predicted molar refractivity (Wildman–Crippen MR) is 59.4 cm³/mol. The molecule has 0 aliphatic rings. The van der Waals surface area contributed by atoms with Gasteiger partial charge in [0.1, 0.15) is 5.84 Å². The van der Waals surface area contributed by atoms with Gasteiger partial charge in [-0.1, -0.05) is 18.2 Å². The van der Waals surface area contributed by atoms with Crippen LogP contribution in [0.2, 0.25) is 0 Å². The molecule has 0 bridgehead atoms. The van der Waals surface area contributed by atoms with Crippen LogP contribution in [0.3, 0.4) is 0 Å². The van der Waals surface area contributed by atoms with Crippen molar-refractivity contribution in [3.8, 4) is 0 Å². The van der Waals surface area contributed by atoms with Crippen molar-refractivity contribution in [2.75, 3.05) is 12.8 Å². The zero-order valence-corrected chi connectivity index (χ0v) is 8.77.